The van der Waals surface area contributed by atoms with E-state index in [2.05, 4.69) is 6.66 Å². The highest BCUT2D eigenvalue weighted by Gasteiger charge is 2.72. The third-order valence-electron chi connectivity index (χ3n) is 4.02. The molecule has 0 amide bonds. The van der Waals surface area contributed by atoms with Gasteiger partial charge >= 0.3 is 0 Å². The molecule has 0 bridgehead atoms. The quantitative estimate of drug-likeness (QED) is 0.453. The molecule has 4 unspecified atom stereocenters. The first-order valence-electron chi connectivity index (χ1n) is 4.08. The summed E-state index contributed by atoms with van der Waals surface area (Å²) in [5.41, 5.74) is 1.26. The lowest BCUT2D eigenvalue weighted by molar-refractivity contribution is 0.287. The van der Waals surface area contributed by atoms with Crippen LogP contribution in [-0.4, -0.2) is 17.5 Å². The van der Waals surface area contributed by atoms with Gasteiger partial charge in [-0.2, -0.15) is 0 Å². The highest BCUT2D eigenvalue weighted by Crippen LogP contribution is 2.87. The van der Waals surface area contributed by atoms with Gasteiger partial charge in [0.1, 0.15) is 0 Å². The van der Waals surface area contributed by atoms with E-state index < -0.39 is 0 Å². The van der Waals surface area contributed by atoms with Gasteiger partial charge in [0.25, 0.3) is 0 Å². The summed E-state index contributed by atoms with van der Waals surface area (Å²) >= 11 is 0. The monoisotopic (exact) mass is 140 g/mol. The van der Waals surface area contributed by atoms with Gasteiger partial charge in [-0.05, 0) is 43.9 Å². The Morgan fingerprint density at radius 1 is 1.33 bits per heavy atom. The Morgan fingerprint density at radius 2 is 2.22 bits per heavy atom. The van der Waals surface area contributed by atoms with E-state index in [4.69, 9.17) is 0 Å². The molecular formula is C8H13P. The van der Waals surface area contributed by atoms with E-state index in [1.807, 2.05) is 0 Å². The molecule has 1 saturated heterocycles. The molecule has 3 aliphatic rings. The minimum Gasteiger partial charge on any atom is -0.0985 e. The van der Waals surface area contributed by atoms with Crippen molar-refractivity contribution in [2.24, 2.45) is 5.92 Å². The molecule has 2 saturated carbocycles. The summed E-state index contributed by atoms with van der Waals surface area (Å²) < 4.78 is 0. The molecule has 0 nitrogen and oxygen atoms in total. The lowest BCUT2D eigenvalue weighted by Crippen LogP contribution is -2.31. The van der Waals surface area contributed by atoms with Crippen LogP contribution in [0.3, 0.4) is 0 Å². The van der Waals surface area contributed by atoms with Crippen molar-refractivity contribution in [2.45, 2.75) is 36.5 Å². The molecule has 3 fully saturated rings. The largest absolute Gasteiger partial charge is 0.0985 e. The maximum absolute atomic E-state index is 2.53. The predicted molar refractivity (Wildman–Crippen MR) is 41.3 cm³/mol. The second kappa shape index (κ2) is 1.23. The average molecular weight is 140 g/mol. The molecule has 3 rings (SSSR count). The molecule has 0 aromatic carbocycles. The number of hydrogen-bond donors (Lipinski definition) is 0. The van der Waals surface area contributed by atoms with Gasteiger partial charge in [0, 0.05) is 5.16 Å². The van der Waals surface area contributed by atoms with Gasteiger partial charge in [-0.3, -0.25) is 0 Å². The van der Waals surface area contributed by atoms with E-state index in [0.717, 1.165) is 5.16 Å². The lowest BCUT2D eigenvalue weighted by Gasteiger charge is -2.35. The van der Waals surface area contributed by atoms with E-state index in [0.29, 0.717) is 7.92 Å². The maximum atomic E-state index is 2.53. The zero-order valence-electron chi connectivity index (χ0n) is 5.93. The van der Waals surface area contributed by atoms with Crippen LogP contribution in [-0.2, 0) is 0 Å². The Kier molecular flexibility index (Phi) is 0.703. The van der Waals surface area contributed by atoms with Gasteiger partial charge in [0.2, 0.25) is 0 Å². The molecule has 0 aromatic heterocycles. The van der Waals surface area contributed by atoms with Crippen molar-refractivity contribution in [3.8, 4) is 0 Å². The molecule has 1 heterocycles. The van der Waals surface area contributed by atoms with E-state index in [1.165, 1.54) is 11.6 Å². The van der Waals surface area contributed by atoms with E-state index in [-0.39, 0.29) is 0 Å². The maximum Gasteiger partial charge on any atom is 0.000174 e. The summed E-state index contributed by atoms with van der Waals surface area (Å²) in [6.45, 7) is 2.53. The summed E-state index contributed by atoms with van der Waals surface area (Å²) in [5, 5.41) is 1.02. The fourth-order valence-corrected chi connectivity index (χ4v) is 7.12. The SMILES string of the molecule is CP1C2CCC3CCC321. The fourth-order valence-electron chi connectivity index (χ4n) is 3.31. The molecule has 1 heteroatoms. The van der Waals surface area contributed by atoms with Crippen molar-refractivity contribution < 1.29 is 0 Å². The van der Waals surface area contributed by atoms with Crippen molar-refractivity contribution in [3.63, 3.8) is 0 Å². The minimum absolute atomic E-state index is 0.557. The molecule has 9 heavy (non-hydrogen) atoms. The van der Waals surface area contributed by atoms with E-state index in [1.54, 1.807) is 25.7 Å². The molecule has 0 radical (unpaired) electrons. The van der Waals surface area contributed by atoms with Gasteiger partial charge in [-0.1, -0.05) is 7.92 Å². The van der Waals surface area contributed by atoms with Gasteiger partial charge in [0.05, 0.1) is 0 Å². The zero-order chi connectivity index (χ0) is 6.06. The zero-order valence-corrected chi connectivity index (χ0v) is 6.82. The summed E-state index contributed by atoms with van der Waals surface area (Å²) in [6.07, 6.45) is 6.40. The van der Waals surface area contributed by atoms with Crippen molar-refractivity contribution >= 4 is 7.92 Å². The van der Waals surface area contributed by atoms with Crippen molar-refractivity contribution in [1.29, 1.82) is 0 Å². The highest BCUT2D eigenvalue weighted by molar-refractivity contribution is 7.68. The smallest absolute Gasteiger partial charge is 0.000174 e. The molecule has 0 N–H and O–H groups in total. The Morgan fingerprint density at radius 3 is 2.56 bits per heavy atom. The fraction of sp³-hybridized carbons (Fsp3) is 1.00. The van der Waals surface area contributed by atoms with Gasteiger partial charge < -0.3 is 0 Å². The highest BCUT2D eigenvalue weighted by atomic mass is 31.1. The summed E-state index contributed by atoms with van der Waals surface area (Å²) in [6, 6.07) is 0. The standard InChI is InChI=1S/C8H13P/c1-9-7-3-2-6-4-5-8(6,7)9/h6-7H,2-5H2,1H3. The number of hydrogen-bond acceptors (Lipinski definition) is 0. The van der Waals surface area contributed by atoms with E-state index in [9.17, 15) is 0 Å². The Balaban J connectivity index is 1.99. The van der Waals surface area contributed by atoms with Gasteiger partial charge in [0.15, 0.2) is 0 Å². The van der Waals surface area contributed by atoms with Crippen LogP contribution in [0.15, 0.2) is 0 Å². The van der Waals surface area contributed by atoms with Gasteiger partial charge in [-0.15, -0.1) is 0 Å². The second-order valence-corrected chi connectivity index (χ2v) is 6.61. The summed E-state index contributed by atoms with van der Waals surface area (Å²) in [4.78, 5) is 0. The first-order chi connectivity index (χ1) is 4.36. The van der Waals surface area contributed by atoms with Crippen molar-refractivity contribution in [3.05, 3.63) is 0 Å². The van der Waals surface area contributed by atoms with Gasteiger partial charge in [-0.25, -0.2) is 0 Å². The van der Waals surface area contributed by atoms with Crippen LogP contribution >= 0.6 is 7.92 Å². The lowest BCUT2D eigenvalue weighted by atomic mass is 9.76. The summed E-state index contributed by atoms with van der Waals surface area (Å²) in [7, 11) is 0.557. The van der Waals surface area contributed by atoms with Crippen molar-refractivity contribution in [1.82, 2.24) is 0 Å². The summed E-state index contributed by atoms with van der Waals surface area (Å²) in [5.74, 6) is 1.22. The minimum atomic E-state index is 0.557. The molecular weight excluding hydrogens is 127 g/mol. The molecule has 1 aliphatic heterocycles. The van der Waals surface area contributed by atoms with Crippen LogP contribution in [0.4, 0.5) is 0 Å². The topological polar surface area (TPSA) is 0 Å². The predicted octanol–water partition coefficient (Wildman–Crippen LogP) is 2.42. The van der Waals surface area contributed by atoms with Crippen LogP contribution in [0.1, 0.15) is 25.7 Å². The Hall–Kier alpha value is 0.430. The molecule has 50 valence electrons. The third-order valence-corrected chi connectivity index (χ3v) is 7.61. The van der Waals surface area contributed by atoms with Crippen LogP contribution in [0, 0.1) is 5.92 Å². The molecule has 2 aliphatic carbocycles. The van der Waals surface area contributed by atoms with Crippen LogP contribution < -0.4 is 0 Å². The molecule has 4 atom stereocenters. The van der Waals surface area contributed by atoms with Crippen LogP contribution in [0.25, 0.3) is 0 Å². The normalized spacial score (nSPS) is 68.3. The second-order valence-electron chi connectivity index (χ2n) is 3.93. The third kappa shape index (κ3) is 0.353. The number of rotatable bonds is 0. The Bertz CT molecular complexity index is 162. The Labute approximate surface area is 57.8 Å². The van der Waals surface area contributed by atoms with Crippen molar-refractivity contribution in [2.75, 3.05) is 6.66 Å². The average Bonchev–Trinajstić information content (AvgIpc) is 2.28. The first kappa shape index (κ1) is 5.13. The molecule has 0 aromatic rings. The van der Waals surface area contributed by atoms with Crippen LogP contribution in [0.5, 0.6) is 0 Å². The van der Waals surface area contributed by atoms with Crippen LogP contribution in [0.2, 0.25) is 0 Å². The molecule has 1 spiro atoms. The van der Waals surface area contributed by atoms with E-state index >= 15 is 0 Å². The first-order valence-corrected chi connectivity index (χ1v) is 5.94.